The van der Waals surface area contributed by atoms with Gasteiger partial charge >= 0.3 is 5.97 Å². The van der Waals surface area contributed by atoms with Crippen LogP contribution in [0, 0.1) is 0 Å². The third-order valence-corrected chi connectivity index (χ3v) is 1.85. The SMILES string of the molecule is CCNc1cccc(N)c1C(=O)OC. The predicted octanol–water partition coefficient (Wildman–Crippen LogP) is 1.49. The molecule has 0 saturated heterocycles. The highest BCUT2D eigenvalue weighted by molar-refractivity contribution is 6.01. The van der Waals surface area contributed by atoms with Crippen LogP contribution in [-0.2, 0) is 4.74 Å². The van der Waals surface area contributed by atoms with Gasteiger partial charge in [0.05, 0.1) is 12.8 Å². The van der Waals surface area contributed by atoms with Crippen molar-refractivity contribution in [1.29, 1.82) is 0 Å². The normalized spacial score (nSPS) is 9.57. The summed E-state index contributed by atoms with van der Waals surface area (Å²) >= 11 is 0. The molecule has 0 aromatic heterocycles. The van der Waals surface area contributed by atoms with Crippen molar-refractivity contribution >= 4 is 17.3 Å². The number of nitrogen functional groups attached to an aromatic ring is 1. The van der Waals surface area contributed by atoms with Crippen LogP contribution in [0.25, 0.3) is 0 Å². The lowest BCUT2D eigenvalue weighted by Crippen LogP contribution is -2.10. The number of hydrogen-bond donors (Lipinski definition) is 2. The van der Waals surface area contributed by atoms with Gasteiger partial charge in [-0.2, -0.15) is 0 Å². The van der Waals surface area contributed by atoms with Gasteiger partial charge in [0.1, 0.15) is 5.56 Å². The Morgan fingerprint density at radius 1 is 1.57 bits per heavy atom. The minimum atomic E-state index is -0.418. The summed E-state index contributed by atoms with van der Waals surface area (Å²) in [6.45, 7) is 2.68. The first-order valence-electron chi connectivity index (χ1n) is 4.41. The molecule has 0 amide bonds. The Labute approximate surface area is 83.1 Å². The summed E-state index contributed by atoms with van der Waals surface area (Å²) in [5, 5.41) is 3.05. The molecule has 3 N–H and O–H groups in total. The van der Waals surface area contributed by atoms with E-state index in [1.54, 1.807) is 18.2 Å². The van der Waals surface area contributed by atoms with E-state index in [4.69, 9.17) is 5.73 Å². The summed E-state index contributed by atoms with van der Waals surface area (Å²) in [5.74, 6) is -0.418. The molecular formula is C10H14N2O2. The van der Waals surface area contributed by atoms with Crippen molar-refractivity contribution in [2.75, 3.05) is 24.7 Å². The molecule has 0 aliphatic carbocycles. The molecule has 0 saturated carbocycles. The zero-order chi connectivity index (χ0) is 10.6. The van der Waals surface area contributed by atoms with E-state index in [1.807, 2.05) is 6.92 Å². The average molecular weight is 194 g/mol. The lowest BCUT2D eigenvalue weighted by molar-refractivity contribution is 0.0603. The van der Waals surface area contributed by atoms with E-state index in [0.29, 0.717) is 16.9 Å². The monoisotopic (exact) mass is 194 g/mol. The van der Waals surface area contributed by atoms with E-state index in [1.165, 1.54) is 7.11 Å². The fourth-order valence-corrected chi connectivity index (χ4v) is 1.24. The second-order valence-electron chi connectivity index (χ2n) is 2.79. The number of hydrogen-bond acceptors (Lipinski definition) is 4. The van der Waals surface area contributed by atoms with Crippen molar-refractivity contribution in [2.24, 2.45) is 0 Å². The van der Waals surface area contributed by atoms with Crippen LogP contribution >= 0.6 is 0 Å². The van der Waals surface area contributed by atoms with Gasteiger partial charge < -0.3 is 15.8 Å². The highest BCUT2D eigenvalue weighted by atomic mass is 16.5. The molecule has 1 rings (SSSR count). The quantitative estimate of drug-likeness (QED) is 0.565. The summed E-state index contributed by atoms with van der Waals surface area (Å²) < 4.78 is 4.65. The maximum absolute atomic E-state index is 11.4. The first-order valence-corrected chi connectivity index (χ1v) is 4.41. The van der Waals surface area contributed by atoms with Crippen molar-refractivity contribution in [3.8, 4) is 0 Å². The van der Waals surface area contributed by atoms with Crippen molar-refractivity contribution in [3.05, 3.63) is 23.8 Å². The first-order chi connectivity index (χ1) is 6.70. The van der Waals surface area contributed by atoms with Crippen LogP contribution in [0.2, 0.25) is 0 Å². The van der Waals surface area contributed by atoms with Crippen molar-refractivity contribution in [2.45, 2.75) is 6.92 Å². The van der Waals surface area contributed by atoms with Gasteiger partial charge in [-0.05, 0) is 19.1 Å². The molecular weight excluding hydrogens is 180 g/mol. The van der Waals surface area contributed by atoms with Crippen molar-refractivity contribution in [1.82, 2.24) is 0 Å². The van der Waals surface area contributed by atoms with Gasteiger partial charge in [0.15, 0.2) is 0 Å². The van der Waals surface area contributed by atoms with Crippen LogP contribution in [0.4, 0.5) is 11.4 Å². The standard InChI is InChI=1S/C10H14N2O2/c1-3-12-8-6-4-5-7(11)9(8)10(13)14-2/h4-6,12H,3,11H2,1-2H3. The van der Waals surface area contributed by atoms with Gasteiger partial charge in [-0.25, -0.2) is 4.79 Å². The fourth-order valence-electron chi connectivity index (χ4n) is 1.24. The van der Waals surface area contributed by atoms with Crippen LogP contribution in [0.15, 0.2) is 18.2 Å². The second-order valence-corrected chi connectivity index (χ2v) is 2.79. The lowest BCUT2D eigenvalue weighted by Gasteiger charge is -2.10. The molecule has 14 heavy (non-hydrogen) atoms. The summed E-state index contributed by atoms with van der Waals surface area (Å²) in [7, 11) is 1.34. The Morgan fingerprint density at radius 2 is 2.29 bits per heavy atom. The maximum Gasteiger partial charge on any atom is 0.342 e. The van der Waals surface area contributed by atoms with Crippen molar-refractivity contribution < 1.29 is 9.53 Å². The van der Waals surface area contributed by atoms with Gasteiger partial charge in [-0.3, -0.25) is 0 Å². The molecule has 0 heterocycles. The summed E-state index contributed by atoms with van der Waals surface area (Å²) in [4.78, 5) is 11.4. The summed E-state index contributed by atoms with van der Waals surface area (Å²) in [6.07, 6.45) is 0. The van der Waals surface area contributed by atoms with E-state index in [2.05, 4.69) is 10.1 Å². The Kier molecular flexibility index (Phi) is 3.34. The van der Waals surface area contributed by atoms with Crippen LogP contribution < -0.4 is 11.1 Å². The van der Waals surface area contributed by atoms with E-state index < -0.39 is 5.97 Å². The Balaban J connectivity index is 3.15. The van der Waals surface area contributed by atoms with Gasteiger partial charge in [0, 0.05) is 12.2 Å². The zero-order valence-electron chi connectivity index (χ0n) is 8.33. The van der Waals surface area contributed by atoms with Gasteiger partial charge in [0.25, 0.3) is 0 Å². The highest BCUT2D eigenvalue weighted by Gasteiger charge is 2.14. The lowest BCUT2D eigenvalue weighted by atomic mass is 10.1. The number of nitrogens with one attached hydrogen (secondary N) is 1. The molecule has 0 aliphatic heterocycles. The average Bonchev–Trinajstić information content (AvgIpc) is 2.18. The zero-order valence-corrected chi connectivity index (χ0v) is 8.33. The largest absolute Gasteiger partial charge is 0.465 e. The maximum atomic E-state index is 11.4. The molecule has 1 aromatic carbocycles. The predicted molar refractivity (Wildman–Crippen MR) is 56.4 cm³/mol. The molecule has 1 aromatic rings. The Morgan fingerprint density at radius 3 is 2.86 bits per heavy atom. The van der Waals surface area contributed by atoms with Crippen LogP contribution in [0.5, 0.6) is 0 Å². The van der Waals surface area contributed by atoms with Crippen molar-refractivity contribution in [3.63, 3.8) is 0 Å². The van der Waals surface area contributed by atoms with Gasteiger partial charge in [-0.1, -0.05) is 6.07 Å². The van der Waals surface area contributed by atoms with E-state index in [-0.39, 0.29) is 0 Å². The molecule has 0 atom stereocenters. The van der Waals surface area contributed by atoms with E-state index in [9.17, 15) is 4.79 Å². The smallest absolute Gasteiger partial charge is 0.342 e. The molecule has 0 spiro atoms. The molecule has 0 fully saturated rings. The van der Waals surface area contributed by atoms with Gasteiger partial charge in [-0.15, -0.1) is 0 Å². The van der Waals surface area contributed by atoms with Gasteiger partial charge in [0.2, 0.25) is 0 Å². The number of anilines is 2. The van der Waals surface area contributed by atoms with Crippen LogP contribution in [-0.4, -0.2) is 19.6 Å². The number of esters is 1. The molecule has 0 bridgehead atoms. The Bertz CT molecular complexity index is 337. The first kappa shape index (κ1) is 10.4. The second kappa shape index (κ2) is 4.50. The molecule has 4 nitrogen and oxygen atoms in total. The number of carbonyl (C=O) groups is 1. The highest BCUT2D eigenvalue weighted by Crippen LogP contribution is 2.22. The van der Waals surface area contributed by atoms with E-state index >= 15 is 0 Å². The molecule has 4 heteroatoms. The fraction of sp³-hybridized carbons (Fsp3) is 0.300. The molecule has 0 radical (unpaired) electrons. The topological polar surface area (TPSA) is 64.3 Å². The number of ether oxygens (including phenoxy) is 1. The Hall–Kier alpha value is -1.71. The van der Waals surface area contributed by atoms with Crippen LogP contribution in [0.1, 0.15) is 17.3 Å². The van der Waals surface area contributed by atoms with Crippen LogP contribution in [0.3, 0.4) is 0 Å². The summed E-state index contributed by atoms with van der Waals surface area (Å²) in [5.41, 5.74) is 7.22. The minimum Gasteiger partial charge on any atom is -0.465 e. The number of nitrogens with two attached hydrogens (primary N) is 1. The number of methoxy groups -OCH3 is 1. The molecule has 0 unspecified atom stereocenters. The third kappa shape index (κ3) is 1.96. The minimum absolute atomic E-state index is 0.400. The summed E-state index contributed by atoms with van der Waals surface area (Å²) in [6, 6.07) is 5.26. The third-order valence-electron chi connectivity index (χ3n) is 1.85. The van der Waals surface area contributed by atoms with E-state index in [0.717, 1.165) is 6.54 Å². The number of rotatable bonds is 3. The molecule has 76 valence electrons. The molecule has 0 aliphatic rings. The number of benzene rings is 1. The number of carbonyl (C=O) groups excluding carboxylic acids is 1.